The third-order valence-electron chi connectivity index (χ3n) is 6.33. The molecule has 2 aliphatic carbocycles. The van der Waals surface area contributed by atoms with Crippen LogP contribution >= 0.6 is 11.6 Å². The van der Waals surface area contributed by atoms with E-state index >= 15 is 0 Å². The topological polar surface area (TPSA) is 74.6 Å². The van der Waals surface area contributed by atoms with E-state index in [0.717, 1.165) is 59.5 Å². The van der Waals surface area contributed by atoms with Gasteiger partial charge in [-0.15, -0.1) is 0 Å². The van der Waals surface area contributed by atoms with E-state index in [1.54, 1.807) is 0 Å². The average molecular weight is 419 g/mol. The Morgan fingerprint density at radius 1 is 1.17 bits per heavy atom. The molecule has 30 heavy (non-hydrogen) atoms. The molecule has 7 nitrogen and oxygen atoms in total. The maximum absolute atomic E-state index is 6.41. The van der Waals surface area contributed by atoms with Crippen LogP contribution in [0.25, 0.3) is 28.5 Å². The molecule has 4 aromatic rings. The number of fused-ring (bicyclic) bond motifs is 5. The van der Waals surface area contributed by atoms with Crippen molar-refractivity contribution in [1.82, 2.24) is 29.5 Å². The second kappa shape index (κ2) is 6.04. The summed E-state index contributed by atoms with van der Waals surface area (Å²) in [6.07, 6.45) is 9.37. The lowest BCUT2D eigenvalue weighted by molar-refractivity contribution is 0.421. The van der Waals surface area contributed by atoms with Crippen LogP contribution in [0.1, 0.15) is 48.7 Å². The van der Waals surface area contributed by atoms with E-state index in [9.17, 15) is 0 Å². The molecule has 4 heterocycles. The Hall–Kier alpha value is -2.93. The van der Waals surface area contributed by atoms with Gasteiger partial charge in [-0.2, -0.15) is 10.1 Å². The summed E-state index contributed by atoms with van der Waals surface area (Å²) in [6, 6.07) is 6.02. The van der Waals surface area contributed by atoms with Gasteiger partial charge in [0.25, 0.3) is 5.89 Å². The molecule has 3 aliphatic rings. The SMILES string of the molecule is Clc1ccc2c(c1)-c1c(cnn1CC1CC1)Cc1c(-c3nc(C4CC4)no3)ncn1-2. The molecule has 0 saturated heterocycles. The van der Waals surface area contributed by atoms with Gasteiger partial charge in [-0.05, 0) is 49.8 Å². The number of halogens is 1. The highest BCUT2D eigenvalue weighted by Crippen LogP contribution is 2.42. The summed E-state index contributed by atoms with van der Waals surface area (Å²) >= 11 is 6.41. The maximum Gasteiger partial charge on any atom is 0.278 e. The molecule has 0 radical (unpaired) electrons. The molecule has 0 N–H and O–H groups in total. The highest BCUT2D eigenvalue weighted by Gasteiger charge is 2.32. The maximum atomic E-state index is 6.41. The van der Waals surface area contributed by atoms with Crippen molar-refractivity contribution in [3.05, 3.63) is 52.8 Å². The van der Waals surface area contributed by atoms with Gasteiger partial charge < -0.3 is 9.09 Å². The van der Waals surface area contributed by atoms with Crippen LogP contribution < -0.4 is 0 Å². The Bertz CT molecular complexity index is 1290. The van der Waals surface area contributed by atoms with Crippen molar-refractivity contribution in [2.24, 2.45) is 5.92 Å². The lowest BCUT2D eigenvalue weighted by Gasteiger charge is -2.13. The average Bonchev–Trinajstić information content (AvgIpc) is 3.63. The lowest BCUT2D eigenvalue weighted by Crippen LogP contribution is -2.05. The van der Waals surface area contributed by atoms with Crippen molar-refractivity contribution >= 4 is 11.6 Å². The molecular weight excluding hydrogens is 400 g/mol. The van der Waals surface area contributed by atoms with Crippen LogP contribution in [0.5, 0.6) is 0 Å². The summed E-state index contributed by atoms with van der Waals surface area (Å²) < 4.78 is 9.88. The largest absolute Gasteiger partial charge is 0.332 e. The third-order valence-corrected chi connectivity index (χ3v) is 6.56. The Balaban J connectivity index is 1.41. The molecule has 0 atom stereocenters. The summed E-state index contributed by atoms with van der Waals surface area (Å²) in [6.45, 7) is 0.954. The normalized spacial score (nSPS) is 17.4. The number of hydrogen-bond donors (Lipinski definition) is 0. The molecule has 0 amide bonds. The van der Waals surface area contributed by atoms with Crippen LogP contribution in [-0.4, -0.2) is 29.5 Å². The highest BCUT2D eigenvalue weighted by molar-refractivity contribution is 6.31. The van der Waals surface area contributed by atoms with Gasteiger partial charge in [-0.25, -0.2) is 4.98 Å². The van der Waals surface area contributed by atoms with Crippen molar-refractivity contribution < 1.29 is 4.52 Å². The molecule has 1 aliphatic heterocycles. The van der Waals surface area contributed by atoms with Gasteiger partial charge in [-0.3, -0.25) is 4.68 Å². The van der Waals surface area contributed by atoms with E-state index in [-0.39, 0.29) is 0 Å². The standard InChI is InChI=1S/C22H19ClN6O/c23-15-5-6-17-16(8-15)20-14(9-25-29(20)10-12-1-2-12)7-18-19(24-11-28(17)18)22-26-21(27-30-22)13-3-4-13/h5-6,8-9,11-13H,1-4,7,10H2. The fourth-order valence-electron chi connectivity index (χ4n) is 4.40. The molecule has 2 fully saturated rings. The van der Waals surface area contributed by atoms with Gasteiger partial charge in [0.1, 0.15) is 6.33 Å². The molecule has 0 spiro atoms. The first kappa shape index (κ1) is 16.8. The zero-order valence-corrected chi connectivity index (χ0v) is 17.0. The predicted octanol–water partition coefficient (Wildman–Crippen LogP) is 4.63. The summed E-state index contributed by atoms with van der Waals surface area (Å²) in [4.78, 5) is 9.31. The summed E-state index contributed by atoms with van der Waals surface area (Å²) in [5.74, 6) is 2.47. The monoisotopic (exact) mass is 418 g/mol. The zero-order valence-electron chi connectivity index (χ0n) is 16.3. The zero-order chi connectivity index (χ0) is 19.8. The third kappa shape index (κ3) is 2.58. The van der Waals surface area contributed by atoms with Crippen LogP contribution in [0, 0.1) is 5.92 Å². The number of hydrogen-bond acceptors (Lipinski definition) is 5. The van der Waals surface area contributed by atoms with Crippen LogP contribution in [-0.2, 0) is 13.0 Å². The fourth-order valence-corrected chi connectivity index (χ4v) is 4.58. The summed E-state index contributed by atoms with van der Waals surface area (Å²) in [5, 5.41) is 9.63. The summed E-state index contributed by atoms with van der Waals surface area (Å²) in [7, 11) is 0. The Morgan fingerprint density at radius 3 is 2.90 bits per heavy atom. The number of imidazole rings is 1. The van der Waals surface area contributed by atoms with E-state index in [1.165, 1.54) is 18.4 Å². The minimum atomic E-state index is 0.443. The quantitative estimate of drug-likeness (QED) is 0.425. The van der Waals surface area contributed by atoms with Crippen molar-refractivity contribution in [2.45, 2.75) is 44.6 Å². The number of nitrogens with zero attached hydrogens (tertiary/aromatic N) is 6. The van der Waals surface area contributed by atoms with Gasteiger partial charge in [0.05, 0.1) is 23.3 Å². The molecule has 150 valence electrons. The first-order valence-corrected chi connectivity index (χ1v) is 10.9. The molecule has 1 aromatic carbocycles. The van der Waals surface area contributed by atoms with Crippen LogP contribution in [0.3, 0.4) is 0 Å². The molecule has 0 bridgehead atoms. The number of rotatable bonds is 4. The van der Waals surface area contributed by atoms with Crippen LogP contribution in [0.2, 0.25) is 5.02 Å². The predicted molar refractivity (Wildman–Crippen MR) is 111 cm³/mol. The van der Waals surface area contributed by atoms with E-state index in [2.05, 4.69) is 30.4 Å². The smallest absolute Gasteiger partial charge is 0.278 e. The Kier molecular flexibility index (Phi) is 3.39. The second-order valence-corrected chi connectivity index (χ2v) is 9.06. The van der Waals surface area contributed by atoms with E-state index in [4.69, 9.17) is 21.2 Å². The highest BCUT2D eigenvalue weighted by atomic mass is 35.5. The van der Waals surface area contributed by atoms with E-state index in [0.29, 0.717) is 23.3 Å². The number of benzene rings is 1. The first-order valence-electron chi connectivity index (χ1n) is 10.5. The first-order chi connectivity index (χ1) is 14.7. The van der Waals surface area contributed by atoms with E-state index < -0.39 is 0 Å². The van der Waals surface area contributed by atoms with Crippen molar-refractivity contribution in [1.29, 1.82) is 0 Å². The molecular formula is C22H19ClN6O. The van der Waals surface area contributed by atoms with Crippen LogP contribution in [0.15, 0.2) is 35.2 Å². The van der Waals surface area contributed by atoms with Crippen LogP contribution in [0.4, 0.5) is 0 Å². The summed E-state index contributed by atoms with van der Waals surface area (Å²) in [5.41, 5.74) is 6.24. The van der Waals surface area contributed by atoms with Gasteiger partial charge in [0, 0.05) is 35.0 Å². The van der Waals surface area contributed by atoms with E-state index in [1.807, 2.05) is 24.7 Å². The lowest BCUT2D eigenvalue weighted by atomic mass is 10.0. The van der Waals surface area contributed by atoms with Gasteiger partial charge >= 0.3 is 0 Å². The van der Waals surface area contributed by atoms with Gasteiger partial charge in [0.15, 0.2) is 11.5 Å². The Labute approximate surface area is 177 Å². The minimum absolute atomic E-state index is 0.443. The molecule has 2 saturated carbocycles. The van der Waals surface area contributed by atoms with Crippen molar-refractivity contribution in [3.63, 3.8) is 0 Å². The minimum Gasteiger partial charge on any atom is -0.332 e. The van der Waals surface area contributed by atoms with Crippen molar-refractivity contribution in [2.75, 3.05) is 0 Å². The molecule has 3 aromatic heterocycles. The fraction of sp³-hybridized carbons (Fsp3) is 0.364. The molecule has 8 heteroatoms. The van der Waals surface area contributed by atoms with Gasteiger partial charge in [0.2, 0.25) is 0 Å². The molecule has 7 rings (SSSR count). The second-order valence-electron chi connectivity index (χ2n) is 8.62. The van der Waals surface area contributed by atoms with Gasteiger partial charge in [-0.1, -0.05) is 16.8 Å². The van der Waals surface area contributed by atoms with Crippen molar-refractivity contribution in [3.8, 4) is 28.5 Å². The Morgan fingerprint density at radius 2 is 2.07 bits per heavy atom. The molecule has 0 unspecified atom stereocenters. The number of aromatic nitrogens is 6.